The average molecular weight is 407 g/mol. The second-order valence-electron chi connectivity index (χ2n) is 7.90. The summed E-state index contributed by atoms with van der Waals surface area (Å²) in [6, 6.07) is 7.59. The first-order chi connectivity index (χ1) is 13.0. The predicted molar refractivity (Wildman–Crippen MR) is 113 cm³/mol. The van der Waals surface area contributed by atoms with Crippen molar-refractivity contribution in [3.63, 3.8) is 0 Å². The van der Waals surface area contributed by atoms with E-state index >= 15 is 0 Å². The molecular formula is C21H30N2O4S. The van der Waals surface area contributed by atoms with Gasteiger partial charge in [-0.3, -0.25) is 4.79 Å². The summed E-state index contributed by atoms with van der Waals surface area (Å²) in [5, 5.41) is 2.95. The molecule has 0 radical (unpaired) electrons. The van der Waals surface area contributed by atoms with Gasteiger partial charge in [0.1, 0.15) is 5.76 Å². The van der Waals surface area contributed by atoms with Gasteiger partial charge in [0, 0.05) is 24.2 Å². The zero-order chi connectivity index (χ0) is 20.9. The third kappa shape index (κ3) is 5.45. The number of furan rings is 1. The number of amides is 1. The van der Waals surface area contributed by atoms with E-state index < -0.39 is 14.8 Å². The highest BCUT2D eigenvalue weighted by molar-refractivity contribution is 7.90. The first kappa shape index (κ1) is 22.2. The summed E-state index contributed by atoms with van der Waals surface area (Å²) in [6.45, 7) is 9.28. The molecule has 0 saturated carbocycles. The molecule has 0 aliphatic rings. The lowest BCUT2D eigenvalue weighted by Crippen LogP contribution is -2.39. The van der Waals surface area contributed by atoms with E-state index in [0.29, 0.717) is 25.8 Å². The second-order valence-corrected chi connectivity index (χ2v) is 10.4. The highest BCUT2D eigenvalue weighted by Gasteiger charge is 2.27. The fourth-order valence-electron chi connectivity index (χ4n) is 2.70. The Hall–Kier alpha value is -2.12. The number of nitrogens with one attached hydrogen (secondary N) is 2. The smallest absolute Gasteiger partial charge is 0.224 e. The molecule has 154 valence electrons. The fraction of sp³-hybridized carbons (Fsp3) is 0.476. The zero-order valence-corrected chi connectivity index (χ0v) is 18.1. The van der Waals surface area contributed by atoms with Crippen LogP contribution in [0, 0.1) is 13.8 Å². The Labute approximate surface area is 167 Å². The van der Waals surface area contributed by atoms with Gasteiger partial charge in [0.15, 0.2) is 0 Å². The second kappa shape index (κ2) is 8.92. The van der Waals surface area contributed by atoms with Crippen LogP contribution in [0.15, 0.2) is 34.9 Å². The van der Waals surface area contributed by atoms with Crippen LogP contribution in [0.3, 0.4) is 0 Å². The number of unbranched alkanes of at least 4 members (excludes halogenated alkanes) is 1. The maximum Gasteiger partial charge on any atom is 0.224 e. The summed E-state index contributed by atoms with van der Waals surface area (Å²) in [6.07, 6.45) is 3.20. The highest BCUT2D eigenvalue weighted by Crippen LogP contribution is 2.30. The van der Waals surface area contributed by atoms with E-state index in [4.69, 9.17) is 4.42 Å². The molecule has 1 aromatic carbocycles. The van der Waals surface area contributed by atoms with Crippen molar-refractivity contribution in [1.82, 2.24) is 4.72 Å². The van der Waals surface area contributed by atoms with Crippen LogP contribution in [0.25, 0.3) is 11.3 Å². The minimum Gasteiger partial charge on any atom is -0.464 e. The Balaban J connectivity index is 1.85. The Bertz CT molecular complexity index is 911. The number of anilines is 1. The van der Waals surface area contributed by atoms with Gasteiger partial charge in [-0.05, 0) is 82.9 Å². The first-order valence-electron chi connectivity index (χ1n) is 9.46. The largest absolute Gasteiger partial charge is 0.464 e. The summed E-state index contributed by atoms with van der Waals surface area (Å²) < 4.78 is 31.2. The molecule has 28 heavy (non-hydrogen) atoms. The highest BCUT2D eigenvalue weighted by atomic mass is 32.2. The van der Waals surface area contributed by atoms with Gasteiger partial charge in [0.2, 0.25) is 15.9 Å². The molecule has 0 aliphatic heterocycles. The number of hydrogen-bond donors (Lipinski definition) is 2. The first-order valence-corrected chi connectivity index (χ1v) is 10.9. The van der Waals surface area contributed by atoms with E-state index in [1.807, 2.05) is 38.1 Å². The minimum absolute atomic E-state index is 0.0769. The molecule has 6 nitrogen and oxygen atoms in total. The molecule has 0 fully saturated rings. The monoisotopic (exact) mass is 406 g/mol. The molecule has 0 spiro atoms. The summed E-state index contributed by atoms with van der Waals surface area (Å²) in [5.41, 5.74) is 3.85. The molecule has 2 N–H and O–H groups in total. The van der Waals surface area contributed by atoms with Crippen molar-refractivity contribution in [3.8, 4) is 11.3 Å². The van der Waals surface area contributed by atoms with Gasteiger partial charge in [0.05, 0.1) is 11.0 Å². The van der Waals surface area contributed by atoms with Crippen molar-refractivity contribution in [1.29, 1.82) is 0 Å². The SMILES string of the molecule is Cc1c(NC(=O)CCCCNS(=O)(=O)C(C)(C)C)ccc(-c2ccco2)c1C. The molecule has 0 atom stereocenters. The van der Waals surface area contributed by atoms with Crippen LogP contribution in [-0.2, 0) is 14.8 Å². The maximum absolute atomic E-state index is 12.2. The van der Waals surface area contributed by atoms with Crippen molar-refractivity contribution in [3.05, 3.63) is 41.7 Å². The van der Waals surface area contributed by atoms with Gasteiger partial charge in [-0.25, -0.2) is 13.1 Å². The molecule has 7 heteroatoms. The molecule has 0 aliphatic carbocycles. The Morgan fingerprint density at radius 1 is 1.07 bits per heavy atom. The van der Waals surface area contributed by atoms with Gasteiger partial charge in [-0.15, -0.1) is 0 Å². The average Bonchev–Trinajstić information content (AvgIpc) is 3.12. The van der Waals surface area contributed by atoms with Gasteiger partial charge >= 0.3 is 0 Å². The summed E-state index contributed by atoms with van der Waals surface area (Å²) in [7, 11) is -3.34. The standard InChI is InChI=1S/C21H30N2O4S/c1-15-16(2)18(12-11-17(15)19-9-8-14-27-19)23-20(24)10-6-7-13-22-28(25,26)21(3,4)5/h8-9,11-12,14,22H,6-7,10,13H2,1-5H3,(H,23,24). The number of hydrogen-bond acceptors (Lipinski definition) is 4. The van der Waals surface area contributed by atoms with Crippen LogP contribution in [0.1, 0.15) is 51.2 Å². The van der Waals surface area contributed by atoms with Crippen molar-refractivity contribution in [2.45, 2.75) is 58.6 Å². The number of carbonyl (C=O) groups is 1. The number of carbonyl (C=O) groups excluding carboxylic acids is 1. The molecule has 0 saturated heterocycles. The number of sulfonamides is 1. The number of rotatable bonds is 8. The van der Waals surface area contributed by atoms with Crippen molar-refractivity contribution >= 4 is 21.6 Å². The molecule has 1 heterocycles. The lowest BCUT2D eigenvalue weighted by molar-refractivity contribution is -0.116. The quantitative estimate of drug-likeness (QED) is 0.636. The molecule has 2 aromatic rings. The fourth-order valence-corrected chi connectivity index (χ4v) is 3.55. The zero-order valence-electron chi connectivity index (χ0n) is 17.3. The molecule has 0 unspecified atom stereocenters. The molecular weight excluding hydrogens is 376 g/mol. The van der Waals surface area contributed by atoms with Crippen LogP contribution < -0.4 is 10.0 Å². The van der Waals surface area contributed by atoms with Crippen LogP contribution in [-0.4, -0.2) is 25.6 Å². The van der Waals surface area contributed by atoms with Crippen LogP contribution >= 0.6 is 0 Å². The Kier molecular flexibility index (Phi) is 7.06. The van der Waals surface area contributed by atoms with E-state index in [0.717, 1.165) is 28.1 Å². The van der Waals surface area contributed by atoms with E-state index in [1.165, 1.54) is 0 Å². The van der Waals surface area contributed by atoms with Gasteiger partial charge < -0.3 is 9.73 Å². The molecule has 1 aromatic heterocycles. The minimum atomic E-state index is -3.34. The maximum atomic E-state index is 12.2. The van der Waals surface area contributed by atoms with Crippen molar-refractivity contribution < 1.29 is 17.6 Å². The lowest BCUT2D eigenvalue weighted by atomic mass is 9.99. The van der Waals surface area contributed by atoms with E-state index in [1.54, 1.807) is 27.0 Å². The molecule has 1 amide bonds. The summed E-state index contributed by atoms with van der Waals surface area (Å²) in [5.74, 6) is 0.725. The topological polar surface area (TPSA) is 88.4 Å². The molecule has 0 bridgehead atoms. The third-order valence-electron chi connectivity index (χ3n) is 4.78. The van der Waals surface area contributed by atoms with Gasteiger partial charge in [-0.2, -0.15) is 0 Å². The Morgan fingerprint density at radius 2 is 1.79 bits per heavy atom. The third-order valence-corrected chi connectivity index (χ3v) is 6.97. The predicted octanol–water partition coefficient (Wildman–Crippen LogP) is 4.39. The normalized spacial score (nSPS) is 12.2. The van der Waals surface area contributed by atoms with E-state index in [9.17, 15) is 13.2 Å². The van der Waals surface area contributed by atoms with Gasteiger partial charge in [0.25, 0.3) is 0 Å². The van der Waals surface area contributed by atoms with Crippen LogP contribution in [0.4, 0.5) is 5.69 Å². The summed E-state index contributed by atoms with van der Waals surface area (Å²) in [4.78, 5) is 12.2. The molecule has 2 rings (SSSR count). The Morgan fingerprint density at radius 3 is 2.39 bits per heavy atom. The van der Waals surface area contributed by atoms with Crippen molar-refractivity contribution in [2.24, 2.45) is 0 Å². The van der Waals surface area contributed by atoms with Crippen LogP contribution in [0.2, 0.25) is 0 Å². The van der Waals surface area contributed by atoms with E-state index in [-0.39, 0.29) is 5.91 Å². The lowest BCUT2D eigenvalue weighted by Gasteiger charge is -2.19. The van der Waals surface area contributed by atoms with Crippen molar-refractivity contribution in [2.75, 3.05) is 11.9 Å². The number of benzene rings is 1. The van der Waals surface area contributed by atoms with Gasteiger partial charge in [-0.1, -0.05) is 0 Å². The van der Waals surface area contributed by atoms with Crippen LogP contribution in [0.5, 0.6) is 0 Å². The van der Waals surface area contributed by atoms with E-state index in [2.05, 4.69) is 10.0 Å². The summed E-state index contributed by atoms with van der Waals surface area (Å²) >= 11 is 0.